The molecule has 0 heterocycles. The molecule has 0 bridgehead atoms. The Bertz CT molecular complexity index is 734. The molecule has 0 amide bonds. The second-order valence-electron chi connectivity index (χ2n) is 5.03. The minimum atomic E-state index is -0.894. The van der Waals surface area contributed by atoms with Crippen LogP contribution in [0.25, 0.3) is 0 Å². The Morgan fingerprint density at radius 2 is 2.00 bits per heavy atom. The molecule has 0 aromatic heterocycles. The molecule has 0 unspecified atom stereocenters. The van der Waals surface area contributed by atoms with E-state index in [1.165, 1.54) is 13.2 Å². The smallest absolute Gasteiger partial charge is 0.311 e. The lowest BCUT2D eigenvalue weighted by molar-refractivity contribution is -0.385. The van der Waals surface area contributed by atoms with E-state index < -0.39 is 15.7 Å². The SMILES string of the molecule is COc1ccc(CNc2cccc(C[S@](C)=O)c2)cc1[N+](=O)[O-]. The van der Waals surface area contributed by atoms with Gasteiger partial charge in [-0.3, -0.25) is 14.3 Å². The van der Waals surface area contributed by atoms with Crippen LogP contribution < -0.4 is 10.1 Å². The molecule has 0 saturated carbocycles. The van der Waals surface area contributed by atoms with Crippen LogP contribution in [0.1, 0.15) is 11.1 Å². The molecular weight excluding hydrogens is 316 g/mol. The van der Waals surface area contributed by atoms with Crippen molar-refractivity contribution in [3.05, 3.63) is 63.7 Å². The summed E-state index contributed by atoms with van der Waals surface area (Å²) in [6.07, 6.45) is 1.66. The molecule has 2 aromatic rings. The normalized spacial score (nSPS) is 11.7. The number of hydrogen-bond acceptors (Lipinski definition) is 5. The largest absolute Gasteiger partial charge is 0.490 e. The summed E-state index contributed by atoms with van der Waals surface area (Å²) in [5.74, 6) is 0.745. The molecule has 0 radical (unpaired) electrons. The fourth-order valence-corrected chi connectivity index (χ4v) is 2.85. The first kappa shape index (κ1) is 17.0. The molecule has 0 saturated heterocycles. The van der Waals surface area contributed by atoms with E-state index in [1.807, 2.05) is 24.3 Å². The zero-order chi connectivity index (χ0) is 16.8. The molecule has 0 aliphatic heterocycles. The number of hydrogen-bond donors (Lipinski definition) is 1. The Balaban J connectivity index is 2.10. The Kier molecular flexibility index (Phi) is 5.70. The van der Waals surface area contributed by atoms with E-state index in [-0.39, 0.29) is 11.4 Å². The van der Waals surface area contributed by atoms with Gasteiger partial charge in [-0.1, -0.05) is 18.2 Å². The van der Waals surface area contributed by atoms with Crippen molar-refractivity contribution in [3.63, 3.8) is 0 Å². The fraction of sp³-hybridized carbons (Fsp3) is 0.250. The third kappa shape index (κ3) is 4.79. The molecular formula is C16H18N2O4S. The number of nitrogens with one attached hydrogen (secondary N) is 1. The molecule has 0 aliphatic carbocycles. The van der Waals surface area contributed by atoms with Crippen LogP contribution in [0.3, 0.4) is 0 Å². The number of ether oxygens (including phenoxy) is 1. The van der Waals surface area contributed by atoms with Crippen LogP contribution in [0.4, 0.5) is 11.4 Å². The number of anilines is 1. The van der Waals surface area contributed by atoms with Gasteiger partial charge in [-0.2, -0.15) is 0 Å². The molecule has 1 N–H and O–H groups in total. The van der Waals surface area contributed by atoms with Gasteiger partial charge in [-0.15, -0.1) is 0 Å². The first-order valence-electron chi connectivity index (χ1n) is 6.93. The summed E-state index contributed by atoms with van der Waals surface area (Å²) in [5.41, 5.74) is 2.59. The Morgan fingerprint density at radius 3 is 2.65 bits per heavy atom. The first-order valence-corrected chi connectivity index (χ1v) is 8.66. The lowest BCUT2D eigenvalue weighted by Crippen LogP contribution is -2.02. The quantitative estimate of drug-likeness (QED) is 0.621. The van der Waals surface area contributed by atoms with Gasteiger partial charge in [0.15, 0.2) is 5.75 Å². The maximum absolute atomic E-state index is 11.3. The molecule has 0 fully saturated rings. The zero-order valence-corrected chi connectivity index (χ0v) is 13.8. The number of rotatable bonds is 7. The van der Waals surface area contributed by atoms with Crippen LogP contribution in [0, 0.1) is 10.1 Å². The molecule has 2 aromatic carbocycles. The van der Waals surface area contributed by atoms with Crippen LogP contribution in [0.15, 0.2) is 42.5 Å². The van der Waals surface area contributed by atoms with Crippen LogP contribution in [-0.2, 0) is 23.1 Å². The second kappa shape index (κ2) is 7.73. The fourth-order valence-electron chi connectivity index (χ4n) is 2.20. The zero-order valence-electron chi connectivity index (χ0n) is 12.9. The molecule has 122 valence electrons. The first-order chi connectivity index (χ1) is 11.0. The van der Waals surface area contributed by atoms with E-state index in [4.69, 9.17) is 4.74 Å². The minimum absolute atomic E-state index is 0.0538. The van der Waals surface area contributed by atoms with Gasteiger partial charge in [0.05, 0.1) is 12.0 Å². The number of methoxy groups -OCH3 is 1. The lowest BCUT2D eigenvalue weighted by Gasteiger charge is -2.09. The van der Waals surface area contributed by atoms with Crippen molar-refractivity contribution in [3.8, 4) is 5.75 Å². The molecule has 2 rings (SSSR count). The van der Waals surface area contributed by atoms with E-state index >= 15 is 0 Å². The van der Waals surface area contributed by atoms with Crippen LogP contribution in [0.2, 0.25) is 0 Å². The summed E-state index contributed by atoms with van der Waals surface area (Å²) < 4.78 is 16.3. The number of nitro benzene ring substituents is 1. The van der Waals surface area contributed by atoms with Gasteiger partial charge >= 0.3 is 5.69 Å². The second-order valence-corrected chi connectivity index (χ2v) is 6.47. The summed E-state index contributed by atoms with van der Waals surface area (Å²) >= 11 is 0. The van der Waals surface area contributed by atoms with Gasteiger partial charge in [-0.05, 0) is 29.3 Å². The Labute approximate surface area is 137 Å². The summed E-state index contributed by atoms with van der Waals surface area (Å²) in [4.78, 5) is 10.6. The van der Waals surface area contributed by atoms with Crippen molar-refractivity contribution in [2.24, 2.45) is 0 Å². The Morgan fingerprint density at radius 1 is 1.22 bits per heavy atom. The highest BCUT2D eigenvalue weighted by molar-refractivity contribution is 7.83. The molecule has 23 heavy (non-hydrogen) atoms. The maximum Gasteiger partial charge on any atom is 0.311 e. The van der Waals surface area contributed by atoms with E-state index in [9.17, 15) is 14.3 Å². The van der Waals surface area contributed by atoms with Crippen molar-refractivity contribution in [1.82, 2.24) is 0 Å². The molecule has 6 nitrogen and oxygen atoms in total. The highest BCUT2D eigenvalue weighted by Crippen LogP contribution is 2.27. The minimum Gasteiger partial charge on any atom is -0.490 e. The van der Waals surface area contributed by atoms with E-state index in [2.05, 4.69) is 5.32 Å². The van der Waals surface area contributed by atoms with Gasteiger partial charge < -0.3 is 10.1 Å². The highest BCUT2D eigenvalue weighted by atomic mass is 32.2. The van der Waals surface area contributed by atoms with Gasteiger partial charge in [0.25, 0.3) is 0 Å². The van der Waals surface area contributed by atoms with Crippen molar-refractivity contribution in [2.45, 2.75) is 12.3 Å². The number of benzene rings is 2. The summed E-state index contributed by atoms with van der Waals surface area (Å²) in [6, 6.07) is 12.5. The molecule has 7 heteroatoms. The lowest BCUT2D eigenvalue weighted by atomic mass is 10.1. The summed E-state index contributed by atoms with van der Waals surface area (Å²) in [6.45, 7) is 0.448. The molecule has 0 spiro atoms. The van der Waals surface area contributed by atoms with E-state index in [0.29, 0.717) is 12.3 Å². The van der Waals surface area contributed by atoms with Crippen molar-refractivity contribution in [1.29, 1.82) is 0 Å². The number of nitro groups is 1. The highest BCUT2D eigenvalue weighted by Gasteiger charge is 2.14. The van der Waals surface area contributed by atoms with Gasteiger partial charge in [0, 0.05) is 41.1 Å². The van der Waals surface area contributed by atoms with Gasteiger partial charge in [0.1, 0.15) is 0 Å². The third-order valence-electron chi connectivity index (χ3n) is 3.23. The van der Waals surface area contributed by atoms with Crippen molar-refractivity contribution in [2.75, 3.05) is 18.7 Å². The average molecular weight is 334 g/mol. The average Bonchev–Trinajstić information content (AvgIpc) is 2.52. The van der Waals surface area contributed by atoms with E-state index in [1.54, 1.807) is 18.4 Å². The summed E-state index contributed by atoms with van der Waals surface area (Å²) in [5, 5.41) is 14.2. The molecule has 1 atom stereocenters. The van der Waals surface area contributed by atoms with Crippen molar-refractivity contribution < 1.29 is 13.9 Å². The monoisotopic (exact) mass is 334 g/mol. The topological polar surface area (TPSA) is 81.5 Å². The summed E-state index contributed by atoms with van der Waals surface area (Å²) in [7, 11) is 0.513. The van der Waals surface area contributed by atoms with Crippen LogP contribution in [-0.4, -0.2) is 22.5 Å². The maximum atomic E-state index is 11.3. The Hall–Kier alpha value is -2.41. The third-order valence-corrected chi connectivity index (χ3v) is 3.97. The van der Waals surface area contributed by atoms with Gasteiger partial charge in [0.2, 0.25) is 0 Å². The van der Waals surface area contributed by atoms with Crippen molar-refractivity contribution >= 4 is 22.2 Å². The van der Waals surface area contributed by atoms with Gasteiger partial charge in [-0.25, -0.2) is 0 Å². The number of nitrogens with zero attached hydrogens (tertiary/aromatic N) is 1. The van der Waals surface area contributed by atoms with Crippen LogP contribution in [0.5, 0.6) is 5.75 Å². The molecule has 0 aliphatic rings. The predicted octanol–water partition coefficient (Wildman–Crippen LogP) is 3.09. The standard InChI is InChI=1S/C16H18N2O4S/c1-22-16-7-6-12(9-15(16)18(19)20)10-17-14-5-3-4-13(8-14)11-23(2)21/h3-9,17H,10-11H2,1-2H3/t23-/m0/s1. The predicted molar refractivity (Wildman–Crippen MR) is 91.2 cm³/mol. The van der Waals surface area contributed by atoms with Crippen LogP contribution >= 0.6 is 0 Å². The van der Waals surface area contributed by atoms with E-state index in [0.717, 1.165) is 16.8 Å².